The maximum Gasteiger partial charge on any atom is 0.224 e. The zero-order valence-corrected chi connectivity index (χ0v) is 11.1. The van der Waals surface area contributed by atoms with E-state index in [1.807, 2.05) is 26.0 Å². The van der Waals surface area contributed by atoms with E-state index in [-0.39, 0.29) is 11.8 Å². The lowest BCUT2D eigenvalue weighted by molar-refractivity contribution is -0.124. The van der Waals surface area contributed by atoms with Gasteiger partial charge in [-0.25, -0.2) is 0 Å². The van der Waals surface area contributed by atoms with Crippen LogP contribution in [0.4, 0.5) is 0 Å². The summed E-state index contributed by atoms with van der Waals surface area (Å²) in [5.41, 5.74) is 0. The van der Waals surface area contributed by atoms with Gasteiger partial charge in [0.05, 0.1) is 10.9 Å². The zero-order valence-electron chi connectivity index (χ0n) is 9.55. The van der Waals surface area contributed by atoms with Crippen molar-refractivity contribution in [2.75, 3.05) is 13.1 Å². The largest absolute Gasteiger partial charge is 0.351 e. The summed E-state index contributed by atoms with van der Waals surface area (Å²) >= 11 is 7.30. The van der Waals surface area contributed by atoms with Crippen molar-refractivity contribution in [3.63, 3.8) is 0 Å². The Balaban J connectivity index is 2.29. The van der Waals surface area contributed by atoms with Gasteiger partial charge in [0, 0.05) is 17.3 Å². The van der Waals surface area contributed by atoms with Crippen molar-refractivity contribution in [1.82, 2.24) is 10.6 Å². The fourth-order valence-corrected chi connectivity index (χ4v) is 2.28. The summed E-state index contributed by atoms with van der Waals surface area (Å²) < 4.78 is 0.755. The van der Waals surface area contributed by atoms with E-state index in [9.17, 15) is 4.79 Å². The normalized spacial score (nSPS) is 12.4. The maximum absolute atomic E-state index is 11.6. The van der Waals surface area contributed by atoms with Crippen molar-refractivity contribution < 1.29 is 4.79 Å². The van der Waals surface area contributed by atoms with E-state index in [0.717, 1.165) is 15.8 Å². The minimum atomic E-state index is -0.00427. The van der Waals surface area contributed by atoms with Gasteiger partial charge in [0.25, 0.3) is 0 Å². The highest BCUT2D eigenvalue weighted by molar-refractivity contribution is 7.16. The molecule has 0 fully saturated rings. The number of thiophene rings is 1. The van der Waals surface area contributed by atoms with Crippen LogP contribution in [0.25, 0.3) is 0 Å². The molecule has 0 aromatic carbocycles. The van der Waals surface area contributed by atoms with Crippen molar-refractivity contribution in [2.45, 2.75) is 20.4 Å². The molecule has 0 aliphatic carbocycles. The second-order valence-corrected chi connectivity index (χ2v) is 5.43. The fourth-order valence-electron chi connectivity index (χ4n) is 1.25. The van der Waals surface area contributed by atoms with Crippen LogP contribution in [-0.2, 0) is 11.3 Å². The van der Waals surface area contributed by atoms with Gasteiger partial charge in [0.2, 0.25) is 5.91 Å². The molecular weight excluding hydrogens is 244 g/mol. The molecule has 3 nitrogen and oxygen atoms in total. The number of carbonyl (C=O) groups is 1. The van der Waals surface area contributed by atoms with Gasteiger partial charge >= 0.3 is 0 Å². The highest BCUT2D eigenvalue weighted by Gasteiger charge is 2.11. The van der Waals surface area contributed by atoms with Crippen LogP contribution in [0.15, 0.2) is 12.1 Å². The predicted molar refractivity (Wildman–Crippen MR) is 68.9 cm³/mol. The number of amides is 1. The van der Waals surface area contributed by atoms with Gasteiger partial charge in [-0.2, -0.15) is 0 Å². The molecule has 90 valence electrons. The predicted octanol–water partition coefficient (Wildman–Crippen LogP) is 2.26. The molecule has 5 heteroatoms. The standard InChI is InChI=1S/C11H17ClN2OS/c1-3-13-6-8(2)11(15)14-7-9-4-5-10(12)16-9/h4-5,8,13H,3,6-7H2,1-2H3,(H,14,15). The number of rotatable bonds is 6. The summed E-state index contributed by atoms with van der Waals surface area (Å²) in [4.78, 5) is 12.7. The molecule has 1 atom stereocenters. The Hall–Kier alpha value is -0.580. The lowest BCUT2D eigenvalue weighted by Crippen LogP contribution is -2.34. The summed E-state index contributed by atoms with van der Waals surface area (Å²) in [5.74, 6) is 0.0702. The number of halogens is 1. The van der Waals surface area contributed by atoms with Crippen LogP contribution in [0.2, 0.25) is 4.34 Å². The van der Waals surface area contributed by atoms with E-state index in [1.54, 1.807) is 0 Å². The Kier molecular flexibility index (Phi) is 5.80. The van der Waals surface area contributed by atoms with Crippen LogP contribution in [0.3, 0.4) is 0 Å². The summed E-state index contributed by atoms with van der Waals surface area (Å²) in [6.07, 6.45) is 0. The highest BCUT2D eigenvalue weighted by Crippen LogP contribution is 2.20. The van der Waals surface area contributed by atoms with Crippen molar-refractivity contribution in [1.29, 1.82) is 0 Å². The monoisotopic (exact) mass is 260 g/mol. The third-order valence-electron chi connectivity index (χ3n) is 2.21. The van der Waals surface area contributed by atoms with E-state index in [0.29, 0.717) is 13.1 Å². The van der Waals surface area contributed by atoms with Crippen LogP contribution in [0.5, 0.6) is 0 Å². The molecule has 0 saturated heterocycles. The smallest absolute Gasteiger partial charge is 0.224 e. The second-order valence-electron chi connectivity index (χ2n) is 3.63. The molecule has 0 radical (unpaired) electrons. The Morgan fingerprint density at radius 3 is 2.88 bits per heavy atom. The average molecular weight is 261 g/mol. The molecule has 1 heterocycles. The molecule has 0 spiro atoms. The molecule has 0 aliphatic heterocycles. The molecule has 1 unspecified atom stereocenters. The first kappa shape index (κ1) is 13.5. The Morgan fingerprint density at radius 1 is 1.56 bits per heavy atom. The molecule has 2 N–H and O–H groups in total. The van der Waals surface area contributed by atoms with Gasteiger partial charge in [-0.15, -0.1) is 11.3 Å². The Bertz CT molecular complexity index is 340. The molecule has 1 rings (SSSR count). The molecule has 0 saturated carbocycles. The van der Waals surface area contributed by atoms with Crippen molar-refractivity contribution in [2.24, 2.45) is 5.92 Å². The maximum atomic E-state index is 11.6. The summed E-state index contributed by atoms with van der Waals surface area (Å²) in [5, 5.41) is 6.05. The van der Waals surface area contributed by atoms with Crippen molar-refractivity contribution >= 4 is 28.8 Å². The average Bonchev–Trinajstić information content (AvgIpc) is 2.68. The third kappa shape index (κ3) is 4.51. The molecular formula is C11H17ClN2OS. The lowest BCUT2D eigenvalue weighted by Gasteiger charge is -2.11. The van der Waals surface area contributed by atoms with E-state index in [4.69, 9.17) is 11.6 Å². The van der Waals surface area contributed by atoms with E-state index in [2.05, 4.69) is 10.6 Å². The van der Waals surface area contributed by atoms with Gasteiger partial charge in [0.15, 0.2) is 0 Å². The molecule has 0 aliphatic rings. The van der Waals surface area contributed by atoms with Crippen molar-refractivity contribution in [3.8, 4) is 0 Å². The number of nitrogens with one attached hydrogen (secondary N) is 2. The molecule has 1 aromatic heterocycles. The summed E-state index contributed by atoms with van der Waals surface area (Å²) in [6.45, 7) is 6.11. The SMILES string of the molecule is CCNCC(C)C(=O)NCc1ccc(Cl)s1. The van der Waals surface area contributed by atoms with Crippen LogP contribution in [0, 0.1) is 5.92 Å². The van der Waals surface area contributed by atoms with Crippen LogP contribution < -0.4 is 10.6 Å². The topological polar surface area (TPSA) is 41.1 Å². The second kappa shape index (κ2) is 6.89. The highest BCUT2D eigenvalue weighted by atomic mass is 35.5. The molecule has 1 amide bonds. The third-order valence-corrected chi connectivity index (χ3v) is 3.44. The number of hydrogen-bond acceptors (Lipinski definition) is 3. The number of carbonyl (C=O) groups excluding carboxylic acids is 1. The van der Waals surface area contributed by atoms with Gasteiger partial charge in [0.1, 0.15) is 0 Å². The minimum absolute atomic E-state index is 0.00427. The van der Waals surface area contributed by atoms with Gasteiger partial charge in [-0.3, -0.25) is 4.79 Å². The van der Waals surface area contributed by atoms with E-state index < -0.39 is 0 Å². The molecule has 0 bridgehead atoms. The van der Waals surface area contributed by atoms with Crippen LogP contribution in [0.1, 0.15) is 18.7 Å². The molecule has 16 heavy (non-hydrogen) atoms. The number of hydrogen-bond donors (Lipinski definition) is 2. The quantitative estimate of drug-likeness (QED) is 0.824. The first-order valence-electron chi connectivity index (χ1n) is 5.36. The zero-order chi connectivity index (χ0) is 12.0. The first-order valence-corrected chi connectivity index (χ1v) is 6.55. The van der Waals surface area contributed by atoms with E-state index in [1.165, 1.54) is 11.3 Å². The molecule has 1 aromatic rings. The minimum Gasteiger partial charge on any atom is -0.351 e. The van der Waals surface area contributed by atoms with Gasteiger partial charge in [-0.1, -0.05) is 25.4 Å². The van der Waals surface area contributed by atoms with E-state index >= 15 is 0 Å². The Labute approximate surface area is 105 Å². The van der Waals surface area contributed by atoms with Crippen molar-refractivity contribution in [3.05, 3.63) is 21.3 Å². The lowest BCUT2D eigenvalue weighted by atomic mass is 10.1. The van der Waals surface area contributed by atoms with Gasteiger partial charge in [-0.05, 0) is 18.7 Å². The summed E-state index contributed by atoms with van der Waals surface area (Å²) in [6, 6.07) is 3.78. The van der Waals surface area contributed by atoms with Crippen LogP contribution >= 0.6 is 22.9 Å². The summed E-state index contributed by atoms with van der Waals surface area (Å²) in [7, 11) is 0. The van der Waals surface area contributed by atoms with Gasteiger partial charge < -0.3 is 10.6 Å². The first-order chi connectivity index (χ1) is 7.63. The Morgan fingerprint density at radius 2 is 2.31 bits per heavy atom. The fraction of sp³-hybridized carbons (Fsp3) is 0.545. The van der Waals surface area contributed by atoms with Crippen LogP contribution in [-0.4, -0.2) is 19.0 Å².